The van der Waals surface area contributed by atoms with E-state index in [1.807, 2.05) is 70.2 Å². The summed E-state index contributed by atoms with van der Waals surface area (Å²) in [5.41, 5.74) is 2.26. The third-order valence-electron chi connectivity index (χ3n) is 2.22. The van der Waals surface area contributed by atoms with Crippen LogP contribution in [0.3, 0.4) is 0 Å². The van der Waals surface area contributed by atoms with Gasteiger partial charge in [-0.3, -0.25) is 4.79 Å². The smallest absolute Gasteiger partial charge is 0.308 e. The number of carbonyl (C=O) groups excluding carboxylic acids is 1. The van der Waals surface area contributed by atoms with Crippen molar-refractivity contribution in [2.24, 2.45) is 0 Å². The minimum Gasteiger partial charge on any atom is -0.427 e. The molecule has 0 N–H and O–H groups in total. The van der Waals surface area contributed by atoms with Gasteiger partial charge in [-0.1, -0.05) is 70.2 Å². The predicted molar refractivity (Wildman–Crippen MR) is 85.9 cm³/mol. The van der Waals surface area contributed by atoms with E-state index in [1.54, 1.807) is 12.1 Å². The molecule has 0 aromatic heterocycles. The Hall–Kier alpha value is -1.51. The Morgan fingerprint density at radius 1 is 0.762 bits per heavy atom. The van der Waals surface area contributed by atoms with Gasteiger partial charge in [-0.2, -0.15) is 0 Å². The molecule has 2 rings (SSSR count). The van der Waals surface area contributed by atoms with Crippen LogP contribution in [-0.4, -0.2) is 5.97 Å². The van der Waals surface area contributed by atoms with E-state index in [4.69, 9.17) is 4.74 Å². The van der Waals surface area contributed by atoms with E-state index in [0.29, 0.717) is 5.75 Å². The number of carbonyl (C=O) groups is 1. The van der Waals surface area contributed by atoms with E-state index >= 15 is 0 Å². The third kappa shape index (κ3) is 8.39. The van der Waals surface area contributed by atoms with Gasteiger partial charge in [0.1, 0.15) is 5.75 Å². The molecule has 2 aromatic carbocycles. The van der Waals surface area contributed by atoms with Gasteiger partial charge in [-0.25, -0.2) is 0 Å². The Kier molecular flexibility index (Phi) is 14.0. The minimum absolute atomic E-state index is 0. The predicted octanol–water partition coefficient (Wildman–Crippen LogP) is 5.33. The van der Waals surface area contributed by atoms with Gasteiger partial charge in [0.05, 0.1) is 0 Å². The van der Waals surface area contributed by atoms with Crippen molar-refractivity contribution in [3.05, 3.63) is 54.6 Å². The maximum Gasteiger partial charge on any atom is 0.308 e. The molecule has 0 heterocycles. The second-order valence-corrected chi connectivity index (χ2v) is 3.48. The first kappa shape index (κ1) is 21.8. The second kappa shape index (κ2) is 13.5. The molecule has 21 heavy (non-hydrogen) atoms. The van der Waals surface area contributed by atoms with Gasteiger partial charge < -0.3 is 4.74 Å². The summed E-state index contributed by atoms with van der Waals surface area (Å²) in [5.74, 6) is 0.277. The molecule has 1 radical (unpaired) electrons. The Labute approximate surface area is 140 Å². The van der Waals surface area contributed by atoms with Crippen LogP contribution in [-0.2, 0) is 23.4 Å². The van der Waals surface area contributed by atoms with E-state index in [-0.39, 0.29) is 24.5 Å². The van der Waals surface area contributed by atoms with Crippen LogP contribution in [0.2, 0.25) is 0 Å². The molecule has 0 aliphatic rings. The van der Waals surface area contributed by atoms with Crippen molar-refractivity contribution >= 4 is 5.97 Å². The number of hydrogen-bond acceptors (Lipinski definition) is 2. The topological polar surface area (TPSA) is 26.3 Å². The largest absolute Gasteiger partial charge is 0.427 e. The van der Waals surface area contributed by atoms with Gasteiger partial charge in [0.15, 0.2) is 0 Å². The fraction of sp³-hybridized carbons (Fsp3) is 0.278. The van der Waals surface area contributed by atoms with E-state index in [1.165, 1.54) is 6.92 Å². The maximum atomic E-state index is 10.7. The minimum atomic E-state index is -0.299. The molecule has 0 saturated heterocycles. The third-order valence-corrected chi connectivity index (χ3v) is 2.22. The van der Waals surface area contributed by atoms with Gasteiger partial charge in [-0.15, -0.1) is 0 Å². The molecule has 0 bridgehead atoms. The molecule has 0 atom stereocenters. The Balaban J connectivity index is 0. The van der Waals surface area contributed by atoms with Crippen molar-refractivity contribution in [1.82, 2.24) is 0 Å². The first-order valence-corrected chi connectivity index (χ1v) is 7.09. The Bertz CT molecular complexity index is 478. The SMILES string of the molecule is CC.CC.CC(=O)Oc1ccc(-c2ccccc2)cc1.[V]. The summed E-state index contributed by atoms with van der Waals surface area (Å²) in [6.45, 7) is 9.39. The molecule has 0 aliphatic heterocycles. The standard InChI is InChI=1S/C14H12O2.2C2H6.V/c1-11(15)16-14-9-7-13(8-10-14)12-5-3-2-4-6-12;2*1-2;/h2-10H,1H3;2*1-2H3;. The molecule has 3 heteroatoms. The summed E-state index contributed by atoms with van der Waals surface area (Å²) in [4.78, 5) is 10.7. The van der Waals surface area contributed by atoms with Crippen molar-refractivity contribution in [3.8, 4) is 16.9 Å². The van der Waals surface area contributed by atoms with Crippen LogP contribution in [0.4, 0.5) is 0 Å². The molecule has 0 fully saturated rings. The number of rotatable bonds is 2. The normalized spacial score (nSPS) is 8.05. The molecule has 113 valence electrons. The van der Waals surface area contributed by atoms with Crippen LogP contribution in [0.15, 0.2) is 54.6 Å². The zero-order valence-electron chi connectivity index (χ0n) is 13.5. The number of esters is 1. The average Bonchev–Trinajstić information content (AvgIpc) is 2.52. The van der Waals surface area contributed by atoms with Crippen molar-refractivity contribution < 1.29 is 28.1 Å². The maximum absolute atomic E-state index is 10.7. The molecule has 0 amide bonds. The van der Waals surface area contributed by atoms with Crippen molar-refractivity contribution in [1.29, 1.82) is 0 Å². The molecule has 0 spiro atoms. The van der Waals surface area contributed by atoms with Crippen LogP contribution in [0, 0.1) is 0 Å². The van der Waals surface area contributed by atoms with Crippen molar-refractivity contribution in [2.45, 2.75) is 34.6 Å². The fourth-order valence-electron chi connectivity index (χ4n) is 1.51. The molecule has 2 aromatic rings. The van der Waals surface area contributed by atoms with E-state index < -0.39 is 0 Å². The molecule has 0 aliphatic carbocycles. The summed E-state index contributed by atoms with van der Waals surface area (Å²) < 4.78 is 4.97. The number of hydrogen-bond donors (Lipinski definition) is 0. The summed E-state index contributed by atoms with van der Waals surface area (Å²) in [5, 5.41) is 0. The van der Waals surface area contributed by atoms with E-state index in [9.17, 15) is 4.79 Å². The Morgan fingerprint density at radius 2 is 1.19 bits per heavy atom. The van der Waals surface area contributed by atoms with E-state index in [0.717, 1.165) is 11.1 Å². The first-order valence-electron chi connectivity index (χ1n) is 7.09. The van der Waals surface area contributed by atoms with Gasteiger partial charge >= 0.3 is 5.97 Å². The van der Waals surface area contributed by atoms with Crippen molar-refractivity contribution in [3.63, 3.8) is 0 Å². The monoisotopic (exact) mass is 323 g/mol. The van der Waals surface area contributed by atoms with Gasteiger partial charge in [0.25, 0.3) is 0 Å². The summed E-state index contributed by atoms with van der Waals surface area (Å²) in [6.07, 6.45) is 0. The summed E-state index contributed by atoms with van der Waals surface area (Å²) >= 11 is 0. The molecule has 2 nitrogen and oxygen atoms in total. The van der Waals surface area contributed by atoms with Crippen molar-refractivity contribution in [2.75, 3.05) is 0 Å². The van der Waals surface area contributed by atoms with Gasteiger partial charge in [0, 0.05) is 25.5 Å². The van der Waals surface area contributed by atoms with Gasteiger partial charge in [-0.05, 0) is 23.3 Å². The second-order valence-electron chi connectivity index (χ2n) is 3.48. The van der Waals surface area contributed by atoms with Gasteiger partial charge in [0.2, 0.25) is 0 Å². The zero-order valence-corrected chi connectivity index (χ0v) is 14.9. The van der Waals surface area contributed by atoms with Crippen LogP contribution in [0.1, 0.15) is 34.6 Å². The quantitative estimate of drug-likeness (QED) is 0.551. The number of benzene rings is 2. The van der Waals surface area contributed by atoms with Crippen LogP contribution in [0.5, 0.6) is 5.75 Å². The zero-order chi connectivity index (χ0) is 15.4. The molecule has 0 saturated carbocycles. The van der Waals surface area contributed by atoms with Crippen LogP contribution < -0.4 is 4.74 Å². The summed E-state index contributed by atoms with van der Waals surface area (Å²) in [7, 11) is 0. The first-order chi connectivity index (χ1) is 9.75. The molecule has 0 unspecified atom stereocenters. The number of ether oxygens (including phenoxy) is 1. The Morgan fingerprint density at radius 3 is 1.62 bits per heavy atom. The van der Waals surface area contributed by atoms with E-state index in [2.05, 4.69) is 0 Å². The van der Waals surface area contributed by atoms with Crippen LogP contribution in [0.25, 0.3) is 11.1 Å². The fourth-order valence-corrected chi connectivity index (χ4v) is 1.51. The average molecular weight is 323 g/mol. The summed E-state index contributed by atoms with van der Waals surface area (Å²) in [6, 6.07) is 17.5. The van der Waals surface area contributed by atoms with Crippen LogP contribution >= 0.6 is 0 Å². The molecular weight excluding hydrogens is 299 g/mol. The molecular formula is C18H24O2V.